The average Bonchev–Trinajstić information content (AvgIpc) is 2.01. The molecule has 0 aliphatic rings. The molecule has 0 unspecified atom stereocenters. The van der Waals surface area contributed by atoms with Crippen LogP contribution in [0, 0.1) is 6.92 Å². The predicted molar refractivity (Wildman–Crippen MR) is 55.7 cm³/mol. The van der Waals surface area contributed by atoms with E-state index in [1.54, 1.807) is 12.1 Å². The molecule has 0 heterocycles. The summed E-state index contributed by atoms with van der Waals surface area (Å²) in [5.74, 6) is 0.473. The molecule has 4 heteroatoms. The van der Waals surface area contributed by atoms with Crippen LogP contribution in [0.5, 0.6) is 5.75 Å². The monoisotopic (exact) mass is 194 g/mol. The van der Waals surface area contributed by atoms with Crippen molar-refractivity contribution in [2.24, 2.45) is 5.73 Å². The quantitative estimate of drug-likeness (QED) is 0.776. The fourth-order valence-corrected chi connectivity index (χ4v) is 1.31. The second-order valence-corrected chi connectivity index (χ2v) is 3.26. The van der Waals surface area contributed by atoms with Crippen molar-refractivity contribution in [3.8, 4) is 5.75 Å². The highest BCUT2D eigenvalue weighted by Gasteiger charge is 2.03. The van der Waals surface area contributed by atoms with Crippen LogP contribution in [0.1, 0.15) is 5.56 Å². The van der Waals surface area contributed by atoms with Gasteiger partial charge in [-0.1, -0.05) is 0 Å². The minimum atomic E-state index is -0.790. The molecule has 0 radical (unpaired) electrons. The Morgan fingerprint density at radius 2 is 2.07 bits per heavy atom. The number of ether oxygens (including phenoxy) is 1. The summed E-state index contributed by atoms with van der Waals surface area (Å²) in [4.78, 5) is 12.5. The molecular formula is C10H14N2O2. The van der Waals surface area contributed by atoms with Crippen molar-refractivity contribution >= 4 is 11.8 Å². The van der Waals surface area contributed by atoms with Gasteiger partial charge in [0.15, 0.2) is 0 Å². The van der Waals surface area contributed by atoms with Crippen molar-refractivity contribution in [2.45, 2.75) is 6.92 Å². The maximum Gasteiger partial charge on any atom is 0.409 e. The Hall–Kier alpha value is -1.71. The zero-order valence-corrected chi connectivity index (χ0v) is 8.57. The second-order valence-electron chi connectivity index (χ2n) is 3.26. The molecule has 0 fully saturated rings. The number of benzene rings is 1. The Labute approximate surface area is 83.3 Å². The van der Waals surface area contributed by atoms with Crippen molar-refractivity contribution in [1.82, 2.24) is 0 Å². The highest BCUT2D eigenvalue weighted by atomic mass is 16.5. The highest BCUT2D eigenvalue weighted by molar-refractivity contribution is 5.68. The minimum Gasteiger partial charge on any atom is -0.410 e. The number of primary amides is 1. The van der Waals surface area contributed by atoms with Crippen LogP contribution in [0.15, 0.2) is 18.2 Å². The second kappa shape index (κ2) is 4.00. The van der Waals surface area contributed by atoms with E-state index in [1.807, 2.05) is 32.0 Å². The van der Waals surface area contributed by atoms with Gasteiger partial charge >= 0.3 is 6.09 Å². The summed E-state index contributed by atoms with van der Waals surface area (Å²) in [5, 5.41) is 0. The highest BCUT2D eigenvalue weighted by Crippen LogP contribution is 2.22. The number of rotatable bonds is 2. The Bertz CT molecular complexity index is 348. The van der Waals surface area contributed by atoms with Crippen LogP contribution in [-0.2, 0) is 0 Å². The first-order valence-electron chi connectivity index (χ1n) is 4.26. The van der Waals surface area contributed by atoms with Crippen molar-refractivity contribution in [2.75, 3.05) is 19.0 Å². The third-order valence-electron chi connectivity index (χ3n) is 1.87. The lowest BCUT2D eigenvalue weighted by atomic mass is 10.2. The zero-order valence-electron chi connectivity index (χ0n) is 8.57. The summed E-state index contributed by atoms with van der Waals surface area (Å²) in [7, 11) is 3.91. The van der Waals surface area contributed by atoms with Crippen LogP contribution in [0.4, 0.5) is 10.5 Å². The molecule has 0 spiro atoms. The molecule has 0 aromatic heterocycles. The van der Waals surface area contributed by atoms with Gasteiger partial charge in [-0.05, 0) is 30.7 Å². The molecule has 0 aliphatic heterocycles. The molecule has 1 aromatic rings. The largest absolute Gasteiger partial charge is 0.410 e. The number of nitrogens with zero attached hydrogens (tertiary/aromatic N) is 1. The molecule has 1 amide bonds. The number of hydrogen-bond donors (Lipinski definition) is 1. The third-order valence-corrected chi connectivity index (χ3v) is 1.87. The van der Waals surface area contributed by atoms with Crippen molar-refractivity contribution < 1.29 is 9.53 Å². The topological polar surface area (TPSA) is 55.6 Å². The molecule has 2 N–H and O–H groups in total. The van der Waals surface area contributed by atoms with Gasteiger partial charge in [0, 0.05) is 19.8 Å². The van der Waals surface area contributed by atoms with Gasteiger partial charge in [0.05, 0.1) is 0 Å². The van der Waals surface area contributed by atoms with Crippen LogP contribution in [-0.4, -0.2) is 20.2 Å². The molecule has 0 atom stereocenters. The third kappa shape index (κ3) is 2.39. The van der Waals surface area contributed by atoms with E-state index in [2.05, 4.69) is 0 Å². The lowest BCUT2D eigenvalue weighted by Crippen LogP contribution is -2.16. The van der Waals surface area contributed by atoms with Crippen LogP contribution in [0.2, 0.25) is 0 Å². The maximum atomic E-state index is 10.5. The first kappa shape index (κ1) is 10.4. The lowest BCUT2D eigenvalue weighted by molar-refractivity contribution is 0.211. The lowest BCUT2D eigenvalue weighted by Gasteiger charge is -2.15. The smallest absolute Gasteiger partial charge is 0.409 e. The summed E-state index contributed by atoms with van der Waals surface area (Å²) in [6, 6.07) is 5.38. The number of carbonyl (C=O) groups excluding carboxylic acids is 1. The first-order chi connectivity index (χ1) is 6.50. The van der Waals surface area contributed by atoms with Crippen LogP contribution < -0.4 is 15.4 Å². The standard InChI is InChI=1S/C10H14N2O2/c1-7-6-8(14-10(11)13)4-5-9(7)12(2)3/h4-6H,1-3H3,(H2,11,13). The van der Waals surface area contributed by atoms with Gasteiger partial charge in [-0.15, -0.1) is 0 Å². The Balaban J connectivity index is 2.94. The van der Waals surface area contributed by atoms with E-state index in [-0.39, 0.29) is 0 Å². The van der Waals surface area contributed by atoms with E-state index in [0.29, 0.717) is 5.75 Å². The van der Waals surface area contributed by atoms with E-state index in [1.165, 1.54) is 0 Å². The van der Waals surface area contributed by atoms with E-state index in [4.69, 9.17) is 10.5 Å². The molecule has 0 aliphatic carbocycles. The van der Waals surface area contributed by atoms with E-state index in [9.17, 15) is 4.79 Å². The van der Waals surface area contributed by atoms with Crippen molar-refractivity contribution in [3.05, 3.63) is 23.8 Å². The van der Waals surface area contributed by atoms with E-state index in [0.717, 1.165) is 11.3 Å². The Morgan fingerprint density at radius 1 is 1.43 bits per heavy atom. The fourth-order valence-electron chi connectivity index (χ4n) is 1.31. The number of aryl methyl sites for hydroxylation is 1. The minimum absolute atomic E-state index is 0.473. The number of carbonyl (C=O) groups is 1. The number of anilines is 1. The van der Waals surface area contributed by atoms with Gasteiger partial charge in [0.1, 0.15) is 5.75 Å². The van der Waals surface area contributed by atoms with Gasteiger partial charge in [-0.2, -0.15) is 0 Å². The summed E-state index contributed by atoms with van der Waals surface area (Å²) < 4.78 is 4.75. The zero-order chi connectivity index (χ0) is 10.7. The summed E-state index contributed by atoms with van der Waals surface area (Å²) in [5.41, 5.74) is 7.02. The number of nitrogens with two attached hydrogens (primary N) is 1. The molecular weight excluding hydrogens is 180 g/mol. The maximum absolute atomic E-state index is 10.5. The summed E-state index contributed by atoms with van der Waals surface area (Å²) >= 11 is 0. The van der Waals surface area contributed by atoms with Gasteiger partial charge in [-0.3, -0.25) is 0 Å². The molecule has 14 heavy (non-hydrogen) atoms. The molecule has 76 valence electrons. The van der Waals surface area contributed by atoms with Gasteiger partial charge in [0.25, 0.3) is 0 Å². The normalized spacial score (nSPS) is 9.64. The molecule has 1 aromatic carbocycles. The molecule has 0 bridgehead atoms. The van der Waals surface area contributed by atoms with Gasteiger partial charge in [-0.25, -0.2) is 4.79 Å². The molecule has 0 saturated heterocycles. The van der Waals surface area contributed by atoms with Crippen molar-refractivity contribution in [3.63, 3.8) is 0 Å². The molecule has 0 saturated carbocycles. The number of amides is 1. The Morgan fingerprint density at radius 3 is 2.50 bits per heavy atom. The van der Waals surface area contributed by atoms with E-state index >= 15 is 0 Å². The molecule has 4 nitrogen and oxygen atoms in total. The van der Waals surface area contributed by atoms with Crippen LogP contribution in [0.3, 0.4) is 0 Å². The average molecular weight is 194 g/mol. The van der Waals surface area contributed by atoms with Crippen molar-refractivity contribution in [1.29, 1.82) is 0 Å². The van der Waals surface area contributed by atoms with Crippen LogP contribution >= 0.6 is 0 Å². The van der Waals surface area contributed by atoms with Gasteiger partial charge in [0.2, 0.25) is 0 Å². The fraction of sp³-hybridized carbons (Fsp3) is 0.300. The van der Waals surface area contributed by atoms with Gasteiger partial charge < -0.3 is 15.4 Å². The van der Waals surface area contributed by atoms with E-state index < -0.39 is 6.09 Å². The van der Waals surface area contributed by atoms with Crippen LogP contribution in [0.25, 0.3) is 0 Å². The number of hydrogen-bond acceptors (Lipinski definition) is 3. The molecule has 1 rings (SSSR count). The first-order valence-corrected chi connectivity index (χ1v) is 4.26. The SMILES string of the molecule is Cc1cc(OC(N)=O)ccc1N(C)C. The summed E-state index contributed by atoms with van der Waals surface area (Å²) in [6.45, 7) is 1.95. The Kier molecular flexibility index (Phi) is 2.96. The summed E-state index contributed by atoms with van der Waals surface area (Å²) in [6.07, 6.45) is -0.790. The predicted octanol–water partition coefficient (Wildman–Crippen LogP) is 1.52.